The van der Waals surface area contributed by atoms with Crippen LogP contribution in [0.15, 0.2) is 47.4 Å². The van der Waals surface area contributed by atoms with Gasteiger partial charge in [-0.05, 0) is 36.4 Å². The summed E-state index contributed by atoms with van der Waals surface area (Å²) in [6.45, 7) is 3.63. The smallest absolute Gasteiger partial charge is 0.264 e. The summed E-state index contributed by atoms with van der Waals surface area (Å²) in [5, 5.41) is 3.26. The lowest BCUT2D eigenvalue weighted by molar-refractivity contribution is -0.119. The molecule has 0 radical (unpaired) electrons. The average molecular weight is 498 g/mol. The van der Waals surface area contributed by atoms with E-state index >= 15 is 0 Å². The molecule has 0 unspecified atom stereocenters. The Bertz CT molecular complexity index is 1040. The lowest BCUT2D eigenvalue weighted by Gasteiger charge is -2.27. The number of nitrogens with one attached hydrogen (secondary N) is 1. The molecular weight excluding hydrogens is 470 g/mol. The summed E-state index contributed by atoms with van der Waals surface area (Å²) in [7, 11) is -1.21. The van der Waals surface area contributed by atoms with Crippen LogP contribution in [0.5, 0.6) is 11.5 Å². The number of carbonyl (C=O) groups is 1. The first-order chi connectivity index (χ1) is 15.8. The van der Waals surface area contributed by atoms with E-state index in [2.05, 4.69) is 10.2 Å². The Morgan fingerprint density at radius 1 is 1.09 bits per heavy atom. The highest BCUT2D eigenvalue weighted by atomic mass is 35.5. The Balaban J connectivity index is 1.80. The number of carbonyl (C=O) groups excluding carboxylic acids is 1. The van der Waals surface area contributed by atoms with Crippen molar-refractivity contribution in [1.29, 1.82) is 0 Å². The van der Waals surface area contributed by atoms with E-state index in [0.29, 0.717) is 42.8 Å². The van der Waals surface area contributed by atoms with E-state index in [1.54, 1.807) is 24.3 Å². The molecule has 1 saturated heterocycles. The molecule has 1 aliphatic rings. The number of sulfonamides is 1. The molecule has 3 rings (SSSR count). The summed E-state index contributed by atoms with van der Waals surface area (Å²) < 4.78 is 43.9. The summed E-state index contributed by atoms with van der Waals surface area (Å²) in [4.78, 5) is 14.9. The van der Waals surface area contributed by atoms with Crippen LogP contribution in [-0.4, -0.2) is 79.4 Å². The molecule has 0 aliphatic carbocycles. The van der Waals surface area contributed by atoms with Gasteiger partial charge in [-0.2, -0.15) is 0 Å². The van der Waals surface area contributed by atoms with E-state index in [1.165, 1.54) is 32.4 Å². The second-order valence-corrected chi connectivity index (χ2v) is 9.61. The van der Waals surface area contributed by atoms with Crippen LogP contribution >= 0.6 is 11.6 Å². The van der Waals surface area contributed by atoms with E-state index in [-0.39, 0.29) is 17.2 Å². The zero-order valence-corrected chi connectivity index (χ0v) is 20.2. The zero-order chi connectivity index (χ0) is 23.8. The maximum Gasteiger partial charge on any atom is 0.264 e. The minimum Gasteiger partial charge on any atom is -0.493 e. The first-order valence-corrected chi connectivity index (χ1v) is 12.2. The Labute approximate surface area is 199 Å². The van der Waals surface area contributed by atoms with Gasteiger partial charge in [0.25, 0.3) is 10.0 Å². The molecule has 0 atom stereocenters. The average Bonchev–Trinajstić information content (AvgIpc) is 2.83. The number of hydrogen-bond donors (Lipinski definition) is 1. The van der Waals surface area contributed by atoms with Crippen LogP contribution in [0.3, 0.4) is 0 Å². The predicted octanol–water partition coefficient (Wildman–Crippen LogP) is 2.00. The summed E-state index contributed by atoms with van der Waals surface area (Å²) >= 11 is 5.98. The van der Waals surface area contributed by atoms with E-state index in [0.717, 1.165) is 17.4 Å². The maximum absolute atomic E-state index is 13.5. The van der Waals surface area contributed by atoms with Crippen molar-refractivity contribution in [3.8, 4) is 11.5 Å². The number of ether oxygens (including phenoxy) is 3. The number of amides is 1. The molecule has 1 amide bonds. The van der Waals surface area contributed by atoms with Gasteiger partial charge in [0.1, 0.15) is 6.54 Å². The monoisotopic (exact) mass is 497 g/mol. The van der Waals surface area contributed by atoms with E-state index in [1.807, 2.05) is 0 Å². The van der Waals surface area contributed by atoms with Crippen LogP contribution < -0.4 is 19.1 Å². The molecule has 0 saturated carbocycles. The normalized spacial score (nSPS) is 14.5. The summed E-state index contributed by atoms with van der Waals surface area (Å²) in [6.07, 6.45) is 0. The molecule has 33 heavy (non-hydrogen) atoms. The van der Waals surface area contributed by atoms with Crippen molar-refractivity contribution in [2.24, 2.45) is 0 Å². The first-order valence-electron chi connectivity index (χ1n) is 10.4. The third-order valence-corrected chi connectivity index (χ3v) is 7.22. The van der Waals surface area contributed by atoms with Gasteiger partial charge >= 0.3 is 0 Å². The van der Waals surface area contributed by atoms with Crippen LogP contribution in [0.1, 0.15) is 0 Å². The fourth-order valence-electron chi connectivity index (χ4n) is 3.39. The molecule has 1 fully saturated rings. The summed E-state index contributed by atoms with van der Waals surface area (Å²) in [5.74, 6) is 0.252. The van der Waals surface area contributed by atoms with Gasteiger partial charge in [-0.15, -0.1) is 0 Å². The van der Waals surface area contributed by atoms with Crippen molar-refractivity contribution < 1.29 is 27.4 Å². The molecule has 0 spiro atoms. The molecule has 0 aromatic heterocycles. The number of benzene rings is 2. The molecule has 2 aromatic carbocycles. The third kappa shape index (κ3) is 6.50. The molecule has 1 heterocycles. The molecular formula is C22H28ClN3O6S. The number of halogens is 1. The third-order valence-electron chi connectivity index (χ3n) is 5.20. The standard InChI is InChI=1S/C22H28ClN3O6S/c1-30-20-8-7-19(15-21(20)31-2)33(28,29)26(18-5-3-17(23)4-6-18)16-22(27)24-9-10-25-11-13-32-14-12-25/h3-8,15H,9-14,16H2,1-2H3,(H,24,27). The Morgan fingerprint density at radius 2 is 1.76 bits per heavy atom. The van der Waals surface area contributed by atoms with Gasteiger partial charge in [-0.25, -0.2) is 8.42 Å². The molecule has 9 nitrogen and oxygen atoms in total. The quantitative estimate of drug-likeness (QED) is 0.536. The van der Waals surface area contributed by atoms with E-state index in [9.17, 15) is 13.2 Å². The Kier molecular flexibility index (Phi) is 8.79. The molecule has 1 N–H and O–H groups in total. The number of morpholine rings is 1. The molecule has 1 aliphatic heterocycles. The summed E-state index contributed by atoms with van der Waals surface area (Å²) in [5.41, 5.74) is 0.317. The minimum absolute atomic E-state index is 0.0313. The van der Waals surface area contributed by atoms with Gasteiger partial charge in [0, 0.05) is 37.3 Å². The van der Waals surface area contributed by atoms with Crippen molar-refractivity contribution in [1.82, 2.24) is 10.2 Å². The van der Waals surface area contributed by atoms with Crippen LogP contribution in [0.25, 0.3) is 0 Å². The highest BCUT2D eigenvalue weighted by molar-refractivity contribution is 7.92. The molecule has 11 heteroatoms. The topological polar surface area (TPSA) is 97.4 Å². The number of anilines is 1. The minimum atomic E-state index is -4.10. The van der Waals surface area contributed by atoms with Gasteiger partial charge in [0.15, 0.2) is 11.5 Å². The molecule has 180 valence electrons. The number of hydrogen-bond acceptors (Lipinski definition) is 7. The maximum atomic E-state index is 13.5. The fourth-order valence-corrected chi connectivity index (χ4v) is 4.95. The van der Waals surface area contributed by atoms with Gasteiger partial charge in [-0.1, -0.05) is 11.6 Å². The zero-order valence-electron chi connectivity index (χ0n) is 18.6. The van der Waals surface area contributed by atoms with Crippen molar-refractivity contribution in [2.75, 3.05) is 64.5 Å². The fraction of sp³-hybridized carbons (Fsp3) is 0.409. The van der Waals surface area contributed by atoms with Crippen LogP contribution in [0, 0.1) is 0 Å². The van der Waals surface area contributed by atoms with E-state index in [4.69, 9.17) is 25.8 Å². The van der Waals surface area contributed by atoms with Crippen LogP contribution in [0.4, 0.5) is 5.69 Å². The predicted molar refractivity (Wildman–Crippen MR) is 126 cm³/mol. The Hall–Kier alpha value is -2.53. The van der Waals surface area contributed by atoms with Crippen molar-refractivity contribution in [3.63, 3.8) is 0 Å². The van der Waals surface area contributed by atoms with Gasteiger partial charge in [-0.3, -0.25) is 14.0 Å². The van der Waals surface area contributed by atoms with Crippen molar-refractivity contribution >= 4 is 33.2 Å². The number of nitrogens with zero attached hydrogens (tertiary/aromatic N) is 2. The van der Waals surface area contributed by atoms with Gasteiger partial charge in [0.2, 0.25) is 5.91 Å². The lowest BCUT2D eigenvalue weighted by Crippen LogP contribution is -2.44. The van der Waals surface area contributed by atoms with Crippen molar-refractivity contribution in [2.45, 2.75) is 4.90 Å². The number of rotatable bonds is 10. The SMILES string of the molecule is COc1ccc(S(=O)(=O)N(CC(=O)NCCN2CCOCC2)c2ccc(Cl)cc2)cc1OC. The van der Waals surface area contributed by atoms with Crippen LogP contribution in [-0.2, 0) is 19.6 Å². The highest BCUT2D eigenvalue weighted by Gasteiger charge is 2.28. The summed E-state index contributed by atoms with van der Waals surface area (Å²) in [6, 6.07) is 10.6. The molecule has 0 bridgehead atoms. The molecule has 2 aromatic rings. The first kappa shape index (κ1) is 25.1. The van der Waals surface area contributed by atoms with Gasteiger partial charge < -0.3 is 19.5 Å². The largest absolute Gasteiger partial charge is 0.493 e. The lowest BCUT2D eigenvalue weighted by atomic mass is 10.3. The number of methoxy groups -OCH3 is 2. The van der Waals surface area contributed by atoms with Gasteiger partial charge in [0.05, 0.1) is 38.0 Å². The second kappa shape index (κ2) is 11.6. The van der Waals surface area contributed by atoms with E-state index < -0.39 is 15.9 Å². The Morgan fingerprint density at radius 3 is 2.39 bits per heavy atom. The second-order valence-electron chi connectivity index (χ2n) is 7.31. The van der Waals surface area contributed by atoms with Crippen LogP contribution in [0.2, 0.25) is 5.02 Å². The highest BCUT2D eigenvalue weighted by Crippen LogP contribution is 2.32. The van der Waals surface area contributed by atoms with Crippen molar-refractivity contribution in [3.05, 3.63) is 47.5 Å².